The number of ether oxygens (including phenoxy) is 2. The van der Waals surface area contributed by atoms with Crippen LogP contribution in [0.5, 0.6) is 0 Å². The molecule has 0 amide bonds. The fraction of sp³-hybridized carbons (Fsp3) is 0.500. The highest BCUT2D eigenvalue weighted by atomic mass is 35.5. The zero-order valence-electron chi connectivity index (χ0n) is 13.3. The molecule has 1 aromatic heterocycles. The van der Waals surface area contributed by atoms with E-state index in [1.807, 2.05) is 0 Å². The van der Waals surface area contributed by atoms with Crippen LogP contribution in [0.4, 0.5) is 4.39 Å². The van der Waals surface area contributed by atoms with Gasteiger partial charge in [-0.2, -0.15) is 4.98 Å². The average Bonchev–Trinajstić information content (AvgIpc) is 3.06. The number of nitrogens with zero attached hydrogens (tertiary/aromatic N) is 2. The maximum absolute atomic E-state index is 14.0. The molecular weight excluding hydrogens is 337 g/mol. The van der Waals surface area contributed by atoms with Gasteiger partial charge >= 0.3 is 0 Å². The first-order valence-corrected chi connectivity index (χ1v) is 8.09. The Morgan fingerprint density at radius 2 is 2.17 bits per heavy atom. The number of hydrogen-bond donors (Lipinski definition) is 1. The van der Waals surface area contributed by atoms with E-state index in [1.165, 1.54) is 12.1 Å². The topological polar surface area (TPSA) is 69.4 Å². The van der Waals surface area contributed by atoms with Gasteiger partial charge in [-0.05, 0) is 31.0 Å². The predicted octanol–water partition coefficient (Wildman–Crippen LogP) is 2.80. The molecule has 2 heterocycles. The number of hydrogen-bond acceptors (Lipinski definition) is 6. The zero-order valence-corrected chi connectivity index (χ0v) is 14.1. The Morgan fingerprint density at radius 1 is 1.38 bits per heavy atom. The van der Waals surface area contributed by atoms with Crippen LogP contribution in [-0.2, 0) is 28.2 Å². The normalized spacial score (nSPS) is 17.1. The lowest BCUT2D eigenvalue weighted by molar-refractivity contribution is 0.0217. The minimum atomic E-state index is -0.550. The minimum Gasteiger partial charge on any atom is -0.381 e. The highest BCUT2D eigenvalue weighted by Gasteiger charge is 2.39. The van der Waals surface area contributed by atoms with Crippen LogP contribution in [0.25, 0.3) is 0 Å². The van der Waals surface area contributed by atoms with E-state index in [9.17, 15) is 4.39 Å². The lowest BCUT2D eigenvalue weighted by Crippen LogP contribution is -2.46. The van der Waals surface area contributed by atoms with Gasteiger partial charge in [-0.3, -0.25) is 5.32 Å². The van der Waals surface area contributed by atoms with Gasteiger partial charge in [-0.25, -0.2) is 4.39 Å². The van der Waals surface area contributed by atoms with Gasteiger partial charge in [-0.1, -0.05) is 16.8 Å². The molecule has 0 radical (unpaired) electrons. The second-order valence-corrected chi connectivity index (χ2v) is 6.17. The van der Waals surface area contributed by atoms with Crippen LogP contribution < -0.4 is 5.32 Å². The van der Waals surface area contributed by atoms with Crippen LogP contribution in [0.15, 0.2) is 22.7 Å². The van der Waals surface area contributed by atoms with E-state index in [2.05, 4.69) is 15.5 Å². The third kappa shape index (κ3) is 3.75. The Bertz CT molecular complexity index is 689. The Labute approximate surface area is 144 Å². The van der Waals surface area contributed by atoms with E-state index in [0.29, 0.717) is 54.9 Å². The summed E-state index contributed by atoms with van der Waals surface area (Å²) in [6, 6.07) is 4.50. The van der Waals surface area contributed by atoms with Gasteiger partial charge < -0.3 is 14.0 Å². The summed E-state index contributed by atoms with van der Waals surface area (Å²) in [6.45, 7) is 1.70. The summed E-state index contributed by atoms with van der Waals surface area (Å²) in [7, 11) is 1.57. The summed E-state index contributed by atoms with van der Waals surface area (Å²) in [5.41, 5.74) is -0.0589. The van der Waals surface area contributed by atoms with Crippen molar-refractivity contribution in [2.75, 3.05) is 20.3 Å². The molecule has 24 heavy (non-hydrogen) atoms. The van der Waals surface area contributed by atoms with Crippen LogP contribution in [0.2, 0.25) is 5.02 Å². The van der Waals surface area contributed by atoms with Crippen LogP contribution in [-0.4, -0.2) is 30.5 Å². The first-order valence-electron chi connectivity index (χ1n) is 7.72. The van der Waals surface area contributed by atoms with Gasteiger partial charge in [0.25, 0.3) is 0 Å². The maximum atomic E-state index is 14.0. The number of benzene rings is 1. The van der Waals surface area contributed by atoms with Crippen molar-refractivity contribution < 1.29 is 18.4 Å². The van der Waals surface area contributed by atoms with Gasteiger partial charge in [0, 0.05) is 37.5 Å². The number of methoxy groups -OCH3 is 1. The molecule has 8 heteroatoms. The summed E-state index contributed by atoms with van der Waals surface area (Å²) in [5.74, 6) is 0.647. The molecule has 1 saturated heterocycles. The van der Waals surface area contributed by atoms with E-state index in [1.54, 1.807) is 13.2 Å². The molecule has 6 nitrogen and oxygen atoms in total. The molecule has 1 N–H and O–H groups in total. The molecular formula is C16H19ClFN3O3. The molecule has 1 fully saturated rings. The molecule has 0 bridgehead atoms. The highest BCUT2D eigenvalue weighted by molar-refractivity contribution is 6.30. The van der Waals surface area contributed by atoms with Gasteiger partial charge in [0.05, 0.1) is 0 Å². The lowest BCUT2D eigenvalue weighted by Gasteiger charge is -2.34. The Kier molecular flexibility index (Phi) is 5.45. The van der Waals surface area contributed by atoms with Gasteiger partial charge in [0.15, 0.2) is 5.82 Å². The monoisotopic (exact) mass is 355 g/mol. The van der Waals surface area contributed by atoms with E-state index >= 15 is 0 Å². The van der Waals surface area contributed by atoms with Crippen molar-refractivity contribution in [2.24, 2.45) is 0 Å². The lowest BCUT2D eigenvalue weighted by atomic mass is 9.89. The Hall–Kier alpha value is -1.54. The summed E-state index contributed by atoms with van der Waals surface area (Å²) >= 11 is 5.96. The van der Waals surface area contributed by atoms with Crippen molar-refractivity contribution in [2.45, 2.75) is 31.5 Å². The fourth-order valence-electron chi connectivity index (χ4n) is 2.77. The van der Waals surface area contributed by atoms with Gasteiger partial charge in [0.2, 0.25) is 5.89 Å². The first-order chi connectivity index (χ1) is 11.6. The summed E-state index contributed by atoms with van der Waals surface area (Å²) in [4.78, 5) is 4.41. The molecule has 1 aromatic carbocycles. The summed E-state index contributed by atoms with van der Waals surface area (Å²) in [5, 5.41) is 7.80. The first kappa shape index (κ1) is 17.3. The second-order valence-electron chi connectivity index (χ2n) is 5.73. The molecule has 0 unspecified atom stereocenters. The van der Waals surface area contributed by atoms with Crippen molar-refractivity contribution in [3.63, 3.8) is 0 Å². The van der Waals surface area contributed by atoms with Crippen LogP contribution in [0.3, 0.4) is 0 Å². The molecule has 130 valence electrons. The van der Waals surface area contributed by atoms with Crippen molar-refractivity contribution in [1.29, 1.82) is 0 Å². The predicted molar refractivity (Wildman–Crippen MR) is 85.0 cm³/mol. The van der Waals surface area contributed by atoms with Crippen molar-refractivity contribution in [3.05, 3.63) is 46.3 Å². The molecule has 1 aliphatic rings. The van der Waals surface area contributed by atoms with Crippen LogP contribution in [0.1, 0.15) is 30.1 Å². The highest BCUT2D eigenvalue weighted by Crippen LogP contribution is 2.32. The number of halogens is 2. The average molecular weight is 356 g/mol. The van der Waals surface area contributed by atoms with E-state index in [0.717, 1.165) is 0 Å². The molecule has 2 aromatic rings. The number of rotatable bonds is 6. The van der Waals surface area contributed by atoms with Crippen LogP contribution in [0, 0.1) is 5.82 Å². The molecule has 3 rings (SSSR count). The third-order valence-electron chi connectivity index (χ3n) is 4.12. The SMILES string of the molecule is COCc1noc(C2(NCc3cc(Cl)ccc3F)CCOCC2)n1. The molecule has 0 aliphatic carbocycles. The van der Waals surface area contributed by atoms with Crippen molar-refractivity contribution in [3.8, 4) is 0 Å². The number of aromatic nitrogens is 2. The summed E-state index contributed by atoms with van der Waals surface area (Å²) in [6.07, 6.45) is 1.31. The molecule has 0 spiro atoms. The second kappa shape index (κ2) is 7.57. The van der Waals surface area contributed by atoms with E-state index < -0.39 is 5.54 Å². The van der Waals surface area contributed by atoms with Crippen LogP contribution >= 0.6 is 11.6 Å². The van der Waals surface area contributed by atoms with Gasteiger partial charge in [-0.15, -0.1) is 0 Å². The fourth-order valence-corrected chi connectivity index (χ4v) is 2.96. The van der Waals surface area contributed by atoms with Crippen molar-refractivity contribution in [1.82, 2.24) is 15.5 Å². The largest absolute Gasteiger partial charge is 0.381 e. The number of nitrogens with one attached hydrogen (secondary N) is 1. The molecule has 0 atom stereocenters. The third-order valence-corrected chi connectivity index (χ3v) is 4.36. The van der Waals surface area contributed by atoms with Crippen molar-refractivity contribution >= 4 is 11.6 Å². The van der Waals surface area contributed by atoms with Gasteiger partial charge in [0.1, 0.15) is 18.0 Å². The standard InChI is InChI=1S/C16H19ClFN3O3/c1-22-10-14-20-15(24-21-14)16(4-6-23-7-5-16)19-9-11-8-12(17)2-3-13(11)18/h2-3,8,19H,4-7,9-10H2,1H3. The Morgan fingerprint density at radius 3 is 2.92 bits per heavy atom. The smallest absolute Gasteiger partial charge is 0.247 e. The molecule has 0 saturated carbocycles. The Balaban J connectivity index is 1.81. The quantitative estimate of drug-likeness (QED) is 0.859. The van der Waals surface area contributed by atoms with E-state index in [-0.39, 0.29) is 12.4 Å². The van der Waals surface area contributed by atoms with E-state index in [4.69, 9.17) is 25.6 Å². The summed E-state index contributed by atoms with van der Waals surface area (Å²) < 4.78 is 29.9. The maximum Gasteiger partial charge on any atom is 0.247 e. The minimum absolute atomic E-state index is 0.277. The zero-order chi connectivity index (χ0) is 17.0. The molecule has 1 aliphatic heterocycles.